The second-order valence-electron chi connectivity index (χ2n) is 10.8. The molecule has 0 atom stereocenters. The molecule has 5 rings (SSSR count). The van der Waals surface area contributed by atoms with Crippen LogP contribution in [0.4, 0.5) is 4.39 Å². The summed E-state index contributed by atoms with van der Waals surface area (Å²) in [5.74, 6) is -3.26. The Kier molecular flexibility index (Phi) is 7.47. The third-order valence-electron chi connectivity index (χ3n) is 7.88. The molecule has 0 saturated heterocycles. The van der Waals surface area contributed by atoms with E-state index in [0.29, 0.717) is 36.8 Å². The van der Waals surface area contributed by atoms with Crippen molar-refractivity contribution in [1.82, 2.24) is 19.8 Å². The standard InChI is InChI=1S/C26H30FN7O5/c1-15-10-16(4-5-17(15)27)12-29-21(37)19-20(36)23(39)34-14-25(13-30-32-28)6-8-26(9-7-25,24(34)31-19)11-18(35)22(38)33(2)3/h4-5,10,36H,6-9,11-14H2,1-3H3,(H,29,37). The van der Waals surface area contributed by atoms with Crippen molar-refractivity contribution in [3.05, 3.63) is 67.5 Å². The number of nitrogens with zero attached hydrogens (tertiary/aromatic N) is 6. The van der Waals surface area contributed by atoms with Gasteiger partial charge in [0.05, 0.1) is 0 Å². The number of hydrogen-bond acceptors (Lipinski definition) is 7. The topological polar surface area (TPSA) is 170 Å². The van der Waals surface area contributed by atoms with Gasteiger partial charge in [-0.05, 0) is 60.7 Å². The normalized spacial score (nSPS) is 21.3. The molecule has 1 aromatic carbocycles. The second-order valence-corrected chi connectivity index (χ2v) is 10.8. The molecule has 1 saturated carbocycles. The van der Waals surface area contributed by atoms with E-state index in [1.54, 1.807) is 13.0 Å². The molecule has 206 valence electrons. The van der Waals surface area contributed by atoms with Gasteiger partial charge in [-0.3, -0.25) is 23.7 Å². The minimum absolute atomic E-state index is 0.00423. The minimum atomic E-state index is -1.03. The molecule has 39 heavy (non-hydrogen) atoms. The van der Waals surface area contributed by atoms with Gasteiger partial charge in [0.25, 0.3) is 17.4 Å². The van der Waals surface area contributed by atoms with Gasteiger partial charge in [-0.15, -0.1) is 0 Å². The fourth-order valence-corrected chi connectivity index (χ4v) is 5.59. The Labute approximate surface area is 223 Å². The number of amides is 2. The summed E-state index contributed by atoms with van der Waals surface area (Å²) in [5, 5.41) is 17.1. The predicted molar refractivity (Wildman–Crippen MR) is 137 cm³/mol. The number of fused-ring (bicyclic) bond motifs is 2. The van der Waals surface area contributed by atoms with E-state index in [0.717, 1.165) is 0 Å². The lowest BCUT2D eigenvalue weighted by atomic mass is 9.63. The molecule has 1 aliphatic carbocycles. The monoisotopic (exact) mass is 539 g/mol. The Balaban J connectivity index is 1.76. The number of aromatic hydroxyl groups is 1. The average Bonchev–Trinajstić information content (AvgIpc) is 3.12. The number of halogens is 1. The highest BCUT2D eigenvalue weighted by molar-refractivity contribution is 6.36. The van der Waals surface area contributed by atoms with Crippen LogP contribution in [0, 0.1) is 18.2 Å². The van der Waals surface area contributed by atoms with Crippen LogP contribution >= 0.6 is 0 Å². The van der Waals surface area contributed by atoms with Crippen LogP contribution in [0.5, 0.6) is 5.75 Å². The lowest BCUT2D eigenvalue weighted by molar-refractivity contribution is -0.144. The highest BCUT2D eigenvalue weighted by atomic mass is 19.1. The number of azide groups is 1. The third-order valence-corrected chi connectivity index (χ3v) is 7.88. The van der Waals surface area contributed by atoms with Gasteiger partial charge in [-0.25, -0.2) is 9.37 Å². The van der Waals surface area contributed by atoms with Gasteiger partial charge in [-0.2, -0.15) is 0 Å². The zero-order valence-electron chi connectivity index (χ0n) is 22.0. The zero-order valence-corrected chi connectivity index (χ0v) is 22.0. The molecule has 12 nitrogen and oxygen atoms in total. The van der Waals surface area contributed by atoms with Crippen LogP contribution < -0.4 is 10.9 Å². The van der Waals surface area contributed by atoms with Gasteiger partial charge < -0.3 is 15.3 Å². The number of ketones is 1. The van der Waals surface area contributed by atoms with Gasteiger partial charge >= 0.3 is 0 Å². The van der Waals surface area contributed by atoms with E-state index in [-0.39, 0.29) is 37.7 Å². The van der Waals surface area contributed by atoms with Gasteiger partial charge in [-0.1, -0.05) is 17.2 Å². The summed E-state index contributed by atoms with van der Waals surface area (Å²) in [6, 6.07) is 4.35. The lowest BCUT2D eigenvalue weighted by Crippen LogP contribution is -2.42. The number of aromatic nitrogens is 2. The molecule has 13 heteroatoms. The van der Waals surface area contributed by atoms with Crippen molar-refractivity contribution in [2.45, 2.75) is 57.5 Å². The molecule has 2 amide bonds. The Morgan fingerprint density at radius 2 is 1.95 bits per heavy atom. The number of nitrogens with one attached hydrogen (secondary N) is 1. The van der Waals surface area contributed by atoms with Crippen molar-refractivity contribution in [2.75, 3.05) is 20.6 Å². The molecule has 3 heterocycles. The molecule has 2 aromatic rings. The number of hydrogen-bond donors (Lipinski definition) is 2. The second kappa shape index (κ2) is 10.5. The van der Waals surface area contributed by atoms with E-state index in [1.165, 1.54) is 35.7 Å². The summed E-state index contributed by atoms with van der Waals surface area (Å²) in [7, 11) is 2.94. The summed E-state index contributed by atoms with van der Waals surface area (Å²) < 4.78 is 14.9. The maximum atomic E-state index is 13.6. The first kappa shape index (κ1) is 27.8. The van der Waals surface area contributed by atoms with Crippen molar-refractivity contribution in [1.29, 1.82) is 0 Å². The molecule has 1 aromatic heterocycles. The van der Waals surface area contributed by atoms with Crippen molar-refractivity contribution >= 4 is 17.6 Å². The Hall–Kier alpha value is -4.25. The molecule has 0 unspecified atom stereocenters. The van der Waals surface area contributed by atoms with E-state index in [1.807, 2.05) is 0 Å². The van der Waals surface area contributed by atoms with Crippen LogP contribution in [0.25, 0.3) is 10.4 Å². The lowest BCUT2D eigenvalue weighted by Gasteiger charge is -2.41. The number of rotatable bonds is 8. The number of carbonyl (C=O) groups is 3. The van der Waals surface area contributed by atoms with Crippen molar-refractivity contribution in [2.24, 2.45) is 10.5 Å². The van der Waals surface area contributed by atoms with Gasteiger partial charge in [0.15, 0.2) is 5.69 Å². The third kappa shape index (κ3) is 5.22. The van der Waals surface area contributed by atoms with Crippen molar-refractivity contribution in [3.63, 3.8) is 0 Å². The highest BCUT2D eigenvalue weighted by Gasteiger charge is 2.51. The maximum Gasteiger partial charge on any atom is 0.296 e. The molecule has 3 aliphatic rings. The van der Waals surface area contributed by atoms with Crippen LogP contribution in [0.15, 0.2) is 28.1 Å². The number of benzene rings is 1. The van der Waals surface area contributed by atoms with Gasteiger partial charge in [0.1, 0.15) is 11.6 Å². The van der Waals surface area contributed by atoms with Crippen LogP contribution in [-0.2, 0) is 28.1 Å². The molecule has 1 fully saturated rings. The minimum Gasteiger partial charge on any atom is -0.501 e. The molecule has 0 radical (unpaired) electrons. The first-order valence-corrected chi connectivity index (χ1v) is 12.5. The number of Topliss-reactive ketones (excluding diaryl/α,β-unsaturated/α-hetero) is 1. The van der Waals surface area contributed by atoms with E-state index in [9.17, 15) is 28.7 Å². The van der Waals surface area contributed by atoms with E-state index < -0.39 is 45.4 Å². The molecule has 2 N–H and O–H groups in total. The fraction of sp³-hybridized carbons (Fsp3) is 0.500. The van der Waals surface area contributed by atoms with E-state index >= 15 is 0 Å². The first-order chi connectivity index (χ1) is 18.4. The quantitative estimate of drug-likeness (QED) is 0.226. The maximum absolute atomic E-state index is 13.6. The average molecular weight is 540 g/mol. The van der Waals surface area contributed by atoms with E-state index in [2.05, 4.69) is 20.3 Å². The Morgan fingerprint density at radius 3 is 2.56 bits per heavy atom. The molecule has 0 spiro atoms. The van der Waals surface area contributed by atoms with Crippen LogP contribution in [-0.4, -0.2) is 57.8 Å². The fourth-order valence-electron chi connectivity index (χ4n) is 5.59. The van der Waals surface area contributed by atoms with Gasteiger partial charge in [0.2, 0.25) is 11.5 Å². The molecule has 2 aliphatic heterocycles. The highest BCUT2D eigenvalue weighted by Crippen LogP contribution is 2.52. The Bertz CT molecular complexity index is 1450. The summed E-state index contributed by atoms with van der Waals surface area (Å²) in [6.07, 6.45) is 1.49. The first-order valence-electron chi connectivity index (χ1n) is 12.5. The van der Waals surface area contributed by atoms with Crippen molar-refractivity contribution < 1.29 is 23.9 Å². The van der Waals surface area contributed by atoms with E-state index in [4.69, 9.17) is 5.53 Å². The largest absolute Gasteiger partial charge is 0.501 e. The van der Waals surface area contributed by atoms with Crippen molar-refractivity contribution in [3.8, 4) is 5.75 Å². The molecule has 2 bridgehead atoms. The SMILES string of the molecule is Cc1cc(CNC(=O)c2nc3n(c(=O)c2O)CC2(CN=[N+]=[N-])CCC3(CC(=O)C(=O)N(C)C)CC2)ccc1F. The number of likely N-dealkylation sites (N-methyl/N-ethyl adjacent to an activating group) is 1. The predicted octanol–water partition coefficient (Wildman–Crippen LogP) is 2.50. The summed E-state index contributed by atoms with van der Waals surface area (Å²) in [4.78, 5) is 60.5. The number of aryl methyl sites for hydroxylation is 1. The zero-order chi connectivity index (χ0) is 28.5. The Morgan fingerprint density at radius 1 is 1.26 bits per heavy atom. The molecular formula is C26H30FN7O5. The van der Waals surface area contributed by atoms with Crippen LogP contribution in [0.3, 0.4) is 0 Å². The molecular weight excluding hydrogens is 509 g/mol. The smallest absolute Gasteiger partial charge is 0.296 e. The van der Waals surface area contributed by atoms with Crippen LogP contribution in [0.1, 0.15) is 59.5 Å². The summed E-state index contributed by atoms with van der Waals surface area (Å²) in [5.41, 5.74) is 6.94. The summed E-state index contributed by atoms with van der Waals surface area (Å²) in [6.45, 7) is 1.77. The van der Waals surface area contributed by atoms with Gasteiger partial charge in [0, 0.05) is 50.5 Å². The number of carbonyl (C=O) groups excluding carboxylic acids is 3. The summed E-state index contributed by atoms with van der Waals surface area (Å²) >= 11 is 0. The van der Waals surface area contributed by atoms with Crippen LogP contribution in [0.2, 0.25) is 0 Å².